The monoisotopic (exact) mass is 402 g/mol. The van der Waals surface area contributed by atoms with Gasteiger partial charge in [-0.05, 0) is 71.1 Å². The molecule has 0 saturated heterocycles. The molecule has 2 aromatic carbocycles. The van der Waals surface area contributed by atoms with Crippen molar-refractivity contribution in [1.29, 1.82) is 0 Å². The van der Waals surface area contributed by atoms with Crippen LogP contribution in [0.2, 0.25) is 0 Å². The van der Waals surface area contributed by atoms with E-state index < -0.39 is 0 Å². The summed E-state index contributed by atoms with van der Waals surface area (Å²) in [4.78, 5) is 12.2. The molecule has 30 heavy (non-hydrogen) atoms. The molecular weight excluding hydrogens is 376 g/mol. The molecule has 4 nitrogen and oxygen atoms in total. The SMILES string of the molecule is COc1ccc(-c2cc(=O)oc3cc(OCC4=CC[C@H]5C[C@@H]4C5(C)C)ccc23)cc1. The third-order valence-electron chi connectivity index (χ3n) is 7.11. The number of ether oxygens (including phenoxy) is 2. The third-order valence-corrected chi connectivity index (χ3v) is 7.11. The van der Waals surface area contributed by atoms with E-state index in [2.05, 4.69) is 19.9 Å². The van der Waals surface area contributed by atoms with Crippen LogP contribution in [0.25, 0.3) is 22.1 Å². The minimum atomic E-state index is -0.372. The van der Waals surface area contributed by atoms with Gasteiger partial charge in [0.2, 0.25) is 0 Å². The Morgan fingerprint density at radius 2 is 1.83 bits per heavy atom. The molecule has 1 saturated carbocycles. The summed E-state index contributed by atoms with van der Waals surface area (Å²) >= 11 is 0. The maximum atomic E-state index is 12.2. The fourth-order valence-corrected chi connectivity index (χ4v) is 5.05. The number of benzene rings is 2. The van der Waals surface area contributed by atoms with E-state index in [1.807, 2.05) is 42.5 Å². The summed E-state index contributed by atoms with van der Waals surface area (Å²) in [6, 6.07) is 14.9. The molecular formula is C26H26O4. The van der Waals surface area contributed by atoms with Crippen molar-refractivity contribution in [1.82, 2.24) is 0 Å². The van der Waals surface area contributed by atoms with Gasteiger partial charge in [-0.1, -0.05) is 32.1 Å². The summed E-state index contributed by atoms with van der Waals surface area (Å²) in [6.45, 7) is 5.32. The molecule has 0 unspecified atom stereocenters. The van der Waals surface area contributed by atoms with Crippen LogP contribution in [0.15, 0.2) is 69.4 Å². The summed E-state index contributed by atoms with van der Waals surface area (Å²) in [5.74, 6) is 2.94. The van der Waals surface area contributed by atoms with Crippen molar-refractivity contribution < 1.29 is 13.9 Å². The molecule has 1 heterocycles. The number of hydrogen-bond donors (Lipinski definition) is 0. The Bertz CT molecular complexity index is 1180. The van der Waals surface area contributed by atoms with Crippen LogP contribution in [0.5, 0.6) is 11.5 Å². The van der Waals surface area contributed by atoms with Gasteiger partial charge in [0.1, 0.15) is 23.7 Å². The summed E-state index contributed by atoms with van der Waals surface area (Å²) in [5, 5.41) is 0.881. The summed E-state index contributed by atoms with van der Waals surface area (Å²) in [5.41, 5.74) is 3.73. The molecule has 3 aliphatic rings. The van der Waals surface area contributed by atoms with Crippen LogP contribution in [-0.4, -0.2) is 13.7 Å². The van der Waals surface area contributed by atoms with Crippen LogP contribution in [0.1, 0.15) is 26.7 Å². The lowest BCUT2D eigenvalue weighted by molar-refractivity contribution is -0.0115. The zero-order chi connectivity index (χ0) is 20.9. The van der Waals surface area contributed by atoms with Crippen LogP contribution in [0.4, 0.5) is 0 Å². The molecule has 0 spiro atoms. The third kappa shape index (κ3) is 3.11. The predicted octanol–water partition coefficient (Wildman–Crippen LogP) is 5.84. The molecule has 0 aliphatic heterocycles. The first-order chi connectivity index (χ1) is 14.5. The maximum absolute atomic E-state index is 12.2. The topological polar surface area (TPSA) is 48.7 Å². The zero-order valence-corrected chi connectivity index (χ0v) is 17.6. The first kappa shape index (κ1) is 19.0. The van der Waals surface area contributed by atoms with E-state index in [-0.39, 0.29) is 5.63 Å². The molecule has 0 amide bonds. The lowest BCUT2D eigenvalue weighted by Gasteiger charge is -2.56. The molecule has 0 N–H and O–H groups in total. The summed E-state index contributed by atoms with van der Waals surface area (Å²) < 4.78 is 16.8. The highest BCUT2D eigenvalue weighted by Gasteiger charge is 2.51. The van der Waals surface area contributed by atoms with Crippen molar-refractivity contribution >= 4 is 11.0 Å². The second kappa shape index (κ2) is 7.05. The van der Waals surface area contributed by atoms with Gasteiger partial charge in [0.25, 0.3) is 0 Å². The van der Waals surface area contributed by atoms with E-state index in [4.69, 9.17) is 13.9 Å². The highest BCUT2D eigenvalue weighted by Crippen LogP contribution is 2.59. The number of hydrogen-bond acceptors (Lipinski definition) is 4. The highest BCUT2D eigenvalue weighted by atomic mass is 16.5. The van der Waals surface area contributed by atoms with E-state index in [1.165, 1.54) is 18.1 Å². The van der Waals surface area contributed by atoms with Crippen molar-refractivity contribution in [3.8, 4) is 22.6 Å². The molecule has 3 aliphatic carbocycles. The minimum absolute atomic E-state index is 0.372. The number of methoxy groups -OCH3 is 1. The lowest BCUT2D eigenvalue weighted by Crippen LogP contribution is -2.48. The first-order valence-corrected chi connectivity index (χ1v) is 10.5. The van der Waals surface area contributed by atoms with Gasteiger partial charge in [0.15, 0.2) is 0 Å². The van der Waals surface area contributed by atoms with Gasteiger partial charge < -0.3 is 13.9 Å². The van der Waals surface area contributed by atoms with Crippen LogP contribution < -0.4 is 15.1 Å². The van der Waals surface area contributed by atoms with E-state index in [1.54, 1.807) is 7.11 Å². The molecule has 3 aromatic rings. The van der Waals surface area contributed by atoms with Gasteiger partial charge >= 0.3 is 5.63 Å². The van der Waals surface area contributed by atoms with Gasteiger partial charge in [0.05, 0.1) is 7.11 Å². The average molecular weight is 402 g/mol. The molecule has 0 radical (unpaired) electrons. The number of rotatable bonds is 5. The smallest absolute Gasteiger partial charge is 0.336 e. The number of fused-ring (bicyclic) bond motifs is 2. The molecule has 2 bridgehead atoms. The molecule has 154 valence electrons. The second-order valence-corrected chi connectivity index (χ2v) is 8.98. The van der Waals surface area contributed by atoms with Gasteiger partial charge in [-0.2, -0.15) is 0 Å². The Morgan fingerprint density at radius 3 is 2.53 bits per heavy atom. The van der Waals surface area contributed by atoms with E-state index in [0.717, 1.165) is 40.4 Å². The van der Waals surface area contributed by atoms with Gasteiger partial charge in [0, 0.05) is 17.5 Å². The van der Waals surface area contributed by atoms with Crippen LogP contribution in [0.3, 0.4) is 0 Å². The van der Waals surface area contributed by atoms with Crippen LogP contribution in [0, 0.1) is 17.3 Å². The van der Waals surface area contributed by atoms with Crippen molar-refractivity contribution in [3.63, 3.8) is 0 Å². The van der Waals surface area contributed by atoms with Crippen molar-refractivity contribution in [2.24, 2.45) is 17.3 Å². The first-order valence-electron chi connectivity index (χ1n) is 10.5. The van der Waals surface area contributed by atoms with Gasteiger partial charge in [-0.15, -0.1) is 0 Å². The second-order valence-electron chi connectivity index (χ2n) is 8.98. The molecule has 6 rings (SSSR count). The Labute approximate surface area is 176 Å². The van der Waals surface area contributed by atoms with Crippen molar-refractivity contribution in [3.05, 3.63) is 70.6 Å². The Kier molecular flexibility index (Phi) is 4.46. The van der Waals surface area contributed by atoms with E-state index >= 15 is 0 Å². The minimum Gasteiger partial charge on any atom is -0.497 e. The van der Waals surface area contributed by atoms with E-state index in [9.17, 15) is 4.79 Å². The largest absolute Gasteiger partial charge is 0.497 e. The quantitative estimate of drug-likeness (QED) is 0.397. The maximum Gasteiger partial charge on any atom is 0.336 e. The summed E-state index contributed by atoms with van der Waals surface area (Å²) in [7, 11) is 1.64. The van der Waals surface area contributed by atoms with Crippen LogP contribution >= 0.6 is 0 Å². The Morgan fingerprint density at radius 1 is 1.07 bits per heavy atom. The molecule has 4 heteroatoms. The van der Waals surface area contributed by atoms with Crippen LogP contribution in [-0.2, 0) is 0 Å². The Balaban J connectivity index is 1.42. The molecule has 1 aromatic heterocycles. The average Bonchev–Trinajstić information content (AvgIpc) is 2.77. The Hall–Kier alpha value is -3.01. The fraction of sp³-hybridized carbons (Fsp3) is 0.346. The van der Waals surface area contributed by atoms with Gasteiger partial charge in [-0.25, -0.2) is 4.79 Å². The predicted molar refractivity (Wildman–Crippen MR) is 118 cm³/mol. The molecule has 1 fully saturated rings. The summed E-state index contributed by atoms with van der Waals surface area (Å²) in [6.07, 6.45) is 4.78. The zero-order valence-electron chi connectivity index (χ0n) is 17.6. The highest BCUT2D eigenvalue weighted by molar-refractivity contribution is 5.93. The number of allylic oxidation sites excluding steroid dienone is 1. The van der Waals surface area contributed by atoms with E-state index in [0.29, 0.717) is 23.5 Å². The normalized spacial score (nSPS) is 21.6. The molecule has 2 atom stereocenters. The van der Waals surface area contributed by atoms with Crippen molar-refractivity contribution in [2.75, 3.05) is 13.7 Å². The lowest BCUT2D eigenvalue weighted by atomic mass is 9.49. The fourth-order valence-electron chi connectivity index (χ4n) is 5.05. The van der Waals surface area contributed by atoms with Gasteiger partial charge in [-0.3, -0.25) is 0 Å². The standard InChI is InChI=1S/C26H26O4/c1-26(2)18-7-4-17(23(26)12-18)15-29-20-10-11-21-22(14-25(27)30-24(21)13-20)16-5-8-19(28-3)9-6-16/h4-6,8-11,13-14,18,23H,7,12,15H2,1-3H3/t18-,23-/m0/s1. The van der Waals surface area contributed by atoms with Crippen molar-refractivity contribution in [2.45, 2.75) is 26.7 Å².